The summed E-state index contributed by atoms with van der Waals surface area (Å²) in [6.07, 6.45) is 3.45. The molecule has 1 aromatic heterocycles. The number of hydrogen-bond donors (Lipinski definition) is 2. The number of anilines is 2. The van der Waals surface area contributed by atoms with Crippen LogP contribution in [0.15, 0.2) is 119 Å². The molecule has 7 rings (SSSR count). The first-order valence-electron chi connectivity index (χ1n) is 17.2. The second kappa shape index (κ2) is 16.0. The molecule has 1 saturated heterocycles. The molecule has 14 heteroatoms. The molecule has 4 aromatic carbocycles. The number of hydrogen-bond acceptors (Lipinski definition) is 10. The Hall–Kier alpha value is -4.95. The van der Waals surface area contributed by atoms with Gasteiger partial charge >= 0.3 is 0 Å². The summed E-state index contributed by atoms with van der Waals surface area (Å²) in [4.78, 5) is 34.7. The minimum absolute atomic E-state index is 0.196. The normalized spacial score (nSPS) is 15.6. The van der Waals surface area contributed by atoms with E-state index < -0.39 is 26.5 Å². The number of thioether (sulfide) groups is 1. The lowest BCUT2D eigenvalue weighted by Gasteiger charge is -2.46. The summed E-state index contributed by atoms with van der Waals surface area (Å²) in [6.45, 7) is 3.65. The van der Waals surface area contributed by atoms with Gasteiger partial charge in [-0.25, -0.2) is 13.1 Å². The predicted molar refractivity (Wildman–Crippen MR) is 209 cm³/mol. The second-order valence-corrected chi connectivity index (χ2v) is 16.2. The molecule has 0 spiro atoms. The van der Waals surface area contributed by atoms with Crippen LogP contribution < -0.4 is 14.9 Å². The standard InChI is InChI=1S/C39H37ClN6O5S2/c40-30-12-8-27(9-13-30)34-7-4-18-41-36(34)26-44-20-21-45-31(25-44)14-10-28-23-29(11-17-37(28)45)39(47)43-53(50,51)33-15-16-35(38(24-33)46(48)49)42-19-22-52-32-5-2-1-3-6-32/h1-9,11-13,15-18,23-24,31,42H,10,14,19-22,25-26H2,(H,43,47)/t31-/m0/s1. The van der Waals surface area contributed by atoms with E-state index in [0.717, 1.165) is 78.1 Å². The van der Waals surface area contributed by atoms with E-state index in [1.54, 1.807) is 23.9 Å². The number of fused-ring (bicyclic) bond motifs is 3. The molecule has 2 N–H and O–H groups in total. The van der Waals surface area contributed by atoms with Crippen LogP contribution in [-0.4, -0.2) is 67.1 Å². The maximum atomic E-state index is 13.3. The van der Waals surface area contributed by atoms with Gasteiger partial charge in [-0.3, -0.25) is 24.8 Å². The maximum absolute atomic E-state index is 13.3. The van der Waals surface area contributed by atoms with Crippen molar-refractivity contribution in [3.8, 4) is 11.1 Å². The third kappa shape index (κ3) is 8.49. The van der Waals surface area contributed by atoms with Crippen molar-refractivity contribution in [1.82, 2.24) is 14.6 Å². The van der Waals surface area contributed by atoms with Crippen LogP contribution >= 0.6 is 23.4 Å². The number of nitrogens with zero attached hydrogens (tertiary/aromatic N) is 4. The predicted octanol–water partition coefficient (Wildman–Crippen LogP) is 7.27. The monoisotopic (exact) mass is 768 g/mol. The Morgan fingerprint density at radius 2 is 1.79 bits per heavy atom. The lowest BCUT2D eigenvalue weighted by molar-refractivity contribution is -0.384. The lowest BCUT2D eigenvalue weighted by atomic mass is 9.92. The SMILES string of the molecule is O=C(NS(=O)(=O)c1ccc(NCCSc2ccccc2)c([N+](=O)[O-])c1)c1ccc2c(c1)CC[C@H]1CN(Cc3ncccc3-c3ccc(Cl)cc3)CCN21. The Morgan fingerprint density at radius 1 is 0.981 bits per heavy atom. The first-order chi connectivity index (χ1) is 25.6. The number of pyridine rings is 1. The summed E-state index contributed by atoms with van der Waals surface area (Å²) in [5, 5.41) is 15.6. The summed E-state index contributed by atoms with van der Waals surface area (Å²) >= 11 is 7.71. The fraction of sp³-hybridized carbons (Fsp3) is 0.231. The highest BCUT2D eigenvalue weighted by Gasteiger charge is 2.33. The minimum Gasteiger partial charge on any atom is -0.379 e. The molecule has 1 amide bonds. The van der Waals surface area contributed by atoms with Crippen LogP contribution in [0.4, 0.5) is 17.1 Å². The highest BCUT2D eigenvalue weighted by atomic mass is 35.5. The van der Waals surface area contributed by atoms with Gasteiger partial charge in [-0.1, -0.05) is 48.0 Å². The number of aromatic nitrogens is 1. The van der Waals surface area contributed by atoms with Crippen molar-refractivity contribution in [3.63, 3.8) is 0 Å². The van der Waals surface area contributed by atoms with Gasteiger partial charge in [0.15, 0.2) is 0 Å². The van der Waals surface area contributed by atoms with Gasteiger partial charge in [-0.2, -0.15) is 0 Å². The van der Waals surface area contributed by atoms with Crippen molar-refractivity contribution in [2.75, 3.05) is 42.1 Å². The third-order valence-corrected chi connectivity index (χ3v) is 12.1. The summed E-state index contributed by atoms with van der Waals surface area (Å²) in [7, 11) is -4.40. The van der Waals surface area contributed by atoms with Crippen molar-refractivity contribution >= 4 is 56.4 Å². The van der Waals surface area contributed by atoms with Gasteiger partial charge < -0.3 is 10.2 Å². The van der Waals surface area contributed by atoms with Gasteiger partial charge in [-0.05, 0) is 84.6 Å². The molecule has 272 valence electrons. The highest BCUT2D eigenvalue weighted by molar-refractivity contribution is 7.99. The third-order valence-electron chi connectivity index (χ3n) is 9.52. The number of carbonyl (C=O) groups excluding carboxylic acids is 1. The molecule has 5 aromatic rings. The molecule has 11 nitrogen and oxygen atoms in total. The number of rotatable bonds is 12. The van der Waals surface area contributed by atoms with E-state index in [-0.39, 0.29) is 22.2 Å². The van der Waals surface area contributed by atoms with E-state index in [2.05, 4.69) is 25.9 Å². The average molecular weight is 769 g/mol. The van der Waals surface area contributed by atoms with E-state index in [1.165, 1.54) is 12.1 Å². The first kappa shape index (κ1) is 36.4. The fourth-order valence-electron chi connectivity index (χ4n) is 6.92. The molecular weight excluding hydrogens is 732 g/mol. The van der Waals surface area contributed by atoms with Crippen molar-refractivity contribution < 1.29 is 18.1 Å². The van der Waals surface area contributed by atoms with Crippen LogP contribution in [0.2, 0.25) is 5.02 Å². The molecule has 0 bridgehead atoms. The Balaban J connectivity index is 0.978. The van der Waals surface area contributed by atoms with Gasteiger partial charge in [0.1, 0.15) is 5.69 Å². The second-order valence-electron chi connectivity index (χ2n) is 12.9. The molecule has 0 radical (unpaired) electrons. The number of carbonyl (C=O) groups is 1. The van der Waals surface area contributed by atoms with Crippen molar-refractivity contribution in [2.24, 2.45) is 0 Å². The number of nitro groups is 1. The van der Waals surface area contributed by atoms with Gasteiger partial charge in [-0.15, -0.1) is 11.8 Å². The quantitative estimate of drug-likeness (QED) is 0.0577. The summed E-state index contributed by atoms with van der Waals surface area (Å²) in [6, 6.07) is 30.7. The molecule has 2 aliphatic heterocycles. The largest absolute Gasteiger partial charge is 0.379 e. The Bertz CT molecular complexity index is 2240. The van der Waals surface area contributed by atoms with Crippen molar-refractivity contribution in [1.29, 1.82) is 0 Å². The molecule has 3 heterocycles. The number of aryl methyl sites for hydroxylation is 1. The summed E-state index contributed by atoms with van der Waals surface area (Å²) in [5.74, 6) is -0.151. The van der Waals surface area contributed by atoms with Crippen LogP contribution in [0.25, 0.3) is 11.1 Å². The summed E-state index contributed by atoms with van der Waals surface area (Å²) in [5.41, 5.74) is 5.21. The van der Waals surface area contributed by atoms with Crippen LogP contribution in [0, 0.1) is 10.1 Å². The van der Waals surface area contributed by atoms with E-state index in [4.69, 9.17) is 16.6 Å². The number of piperazine rings is 1. The topological polar surface area (TPSA) is 138 Å². The van der Waals surface area contributed by atoms with Crippen molar-refractivity contribution in [3.05, 3.63) is 141 Å². The lowest BCUT2D eigenvalue weighted by Crippen LogP contribution is -2.54. The molecule has 0 unspecified atom stereocenters. The fourth-order valence-corrected chi connectivity index (χ4v) is 8.82. The Labute approximate surface area is 317 Å². The molecule has 1 atom stereocenters. The molecular formula is C39H37ClN6O5S2. The Kier molecular flexibility index (Phi) is 11.0. The van der Waals surface area contributed by atoms with Crippen LogP contribution in [0.1, 0.15) is 28.0 Å². The average Bonchev–Trinajstić information content (AvgIpc) is 3.17. The zero-order chi connectivity index (χ0) is 37.0. The van der Waals surface area contributed by atoms with Crippen LogP contribution in [0.3, 0.4) is 0 Å². The maximum Gasteiger partial charge on any atom is 0.293 e. The van der Waals surface area contributed by atoms with E-state index in [1.807, 2.05) is 72.9 Å². The number of nitrogens with one attached hydrogen (secondary N) is 2. The zero-order valence-corrected chi connectivity index (χ0v) is 31.0. The molecule has 53 heavy (non-hydrogen) atoms. The number of nitro benzene ring substituents is 1. The minimum atomic E-state index is -4.40. The van der Waals surface area contributed by atoms with Crippen LogP contribution in [-0.2, 0) is 23.0 Å². The smallest absolute Gasteiger partial charge is 0.293 e. The molecule has 1 fully saturated rings. The Morgan fingerprint density at radius 3 is 2.58 bits per heavy atom. The van der Waals surface area contributed by atoms with Gasteiger partial charge in [0.25, 0.3) is 21.6 Å². The van der Waals surface area contributed by atoms with E-state index >= 15 is 0 Å². The van der Waals surface area contributed by atoms with Gasteiger partial charge in [0.05, 0.1) is 15.5 Å². The number of sulfonamides is 1. The number of amides is 1. The molecule has 0 saturated carbocycles. The van der Waals surface area contributed by atoms with E-state index in [0.29, 0.717) is 17.3 Å². The van der Waals surface area contributed by atoms with E-state index in [9.17, 15) is 23.3 Å². The number of benzene rings is 4. The molecule has 0 aliphatic carbocycles. The number of halogens is 1. The van der Waals surface area contributed by atoms with Gasteiger partial charge in [0.2, 0.25) is 0 Å². The molecule has 2 aliphatic rings. The van der Waals surface area contributed by atoms with Crippen LogP contribution in [0.5, 0.6) is 0 Å². The zero-order valence-electron chi connectivity index (χ0n) is 28.7. The highest BCUT2D eigenvalue weighted by Crippen LogP contribution is 2.35. The summed E-state index contributed by atoms with van der Waals surface area (Å²) < 4.78 is 28.7. The van der Waals surface area contributed by atoms with Crippen molar-refractivity contribution in [2.45, 2.75) is 35.2 Å². The van der Waals surface area contributed by atoms with Gasteiger partial charge in [0, 0.05) is 83.5 Å². The first-order valence-corrected chi connectivity index (χ1v) is 20.1.